The van der Waals surface area contributed by atoms with Crippen molar-refractivity contribution in [3.8, 4) is 0 Å². The van der Waals surface area contributed by atoms with Gasteiger partial charge in [0.1, 0.15) is 0 Å². The van der Waals surface area contributed by atoms with Crippen molar-refractivity contribution < 1.29 is 0 Å². The Hall–Kier alpha value is -0.860. The van der Waals surface area contributed by atoms with Crippen molar-refractivity contribution in [2.45, 2.75) is 51.6 Å². The molecule has 0 bridgehead atoms. The van der Waals surface area contributed by atoms with Crippen molar-refractivity contribution >= 4 is 0 Å². The highest BCUT2D eigenvalue weighted by Crippen LogP contribution is 2.26. The molecule has 0 saturated carbocycles. The average Bonchev–Trinajstić information content (AvgIpc) is 2.96. The predicted octanol–water partition coefficient (Wildman–Crippen LogP) is 3.60. The van der Waals surface area contributed by atoms with Crippen molar-refractivity contribution in [1.29, 1.82) is 0 Å². The highest BCUT2D eigenvalue weighted by atomic mass is 15.2. The molecule has 0 aromatic heterocycles. The Bertz CT molecular complexity index is 344. The van der Waals surface area contributed by atoms with E-state index < -0.39 is 0 Å². The minimum atomic E-state index is 0.582. The van der Waals surface area contributed by atoms with Gasteiger partial charge in [-0.05, 0) is 37.9 Å². The summed E-state index contributed by atoms with van der Waals surface area (Å²) in [5.74, 6) is 0. The summed E-state index contributed by atoms with van der Waals surface area (Å²) >= 11 is 0. The molecule has 1 saturated heterocycles. The van der Waals surface area contributed by atoms with Crippen molar-refractivity contribution in [3.63, 3.8) is 0 Å². The Morgan fingerprint density at radius 2 is 2.05 bits per heavy atom. The van der Waals surface area contributed by atoms with Crippen LogP contribution in [-0.4, -0.2) is 30.6 Å². The van der Waals surface area contributed by atoms with E-state index in [1.54, 1.807) is 0 Å². The van der Waals surface area contributed by atoms with Gasteiger partial charge in [0.05, 0.1) is 0 Å². The highest BCUT2D eigenvalue weighted by Gasteiger charge is 2.23. The van der Waals surface area contributed by atoms with Crippen molar-refractivity contribution in [3.05, 3.63) is 35.9 Å². The predicted molar refractivity (Wildman–Crippen MR) is 82.4 cm³/mol. The van der Waals surface area contributed by atoms with Crippen molar-refractivity contribution in [1.82, 2.24) is 10.2 Å². The first kappa shape index (κ1) is 14.5. The molecule has 2 unspecified atom stereocenters. The minimum Gasteiger partial charge on any atom is -0.313 e. The Labute approximate surface area is 118 Å². The molecule has 2 rings (SSSR count). The molecule has 19 heavy (non-hydrogen) atoms. The normalized spacial score (nSPS) is 20.9. The third-order valence-corrected chi connectivity index (χ3v) is 4.21. The van der Waals surface area contributed by atoms with Gasteiger partial charge >= 0.3 is 0 Å². The van der Waals surface area contributed by atoms with Gasteiger partial charge in [-0.15, -0.1) is 0 Å². The van der Waals surface area contributed by atoms with E-state index in [2.05, 4.69) is 54.4 Å². The van der Waals surface area contributed by atoms with Crippen molar-refractivity contribution in [2.24, 2.45) is 0 Å². The van der Waals surface area contributed by atoms with Crippen LogP contribution in [0.3, 0.4) is 0 Å². The summed E-state index contributed by atoms with van der Waals surface area (Å²) in [5, 5.41) is 3.63. The van der Waals surface area contributed by atoms with Crippen LogP contribution < -0.4 is 5.32 Å². The average molecular weight is 260 g/mol. The monoisotopic (exact) mass is 260 g/mol. The lowest BCUT2D eigenvalue weighted by molar-refractivity contribution is 0.180. The van der Waals surface area contributed by atoms with E-state index in [9.17, 15) is 0 Å². The summed E-state index contributed by atoms with van der Waals surface area (Å²) in [5.41, 5.74) is 1.48. The molecule has 1 aliphatic heterocycles. The van der Waals surface area contributed by atoms with Crippen molar-refractivity contribution in [2.75, 3.05) is 19.6 Å². The van der Waals surface area contributed by atoms with Crippen LogP contribution in [0.2, 0.25) is 0 Å². The number of nitrogens with one attached hydrogen (secondary N) is 1. The van der Waals surface area contributed by atoms with Crippen LogP contribution >= 0.6 is 0 Å². The van der Waals surface area contributed by atoms with Gasteiger partial charge in [0.25, 0.3) is 0 Å². The molecule has 0 radical (unpaired) electrons. The zero-order valence-electron chi connectivity index (χ0n) is 12.4. The molecule has 0 spiro atoms. The molecule has 106 valence electrons. The topological polar surface area (TPSA) is 15.3 Å². The second-order valence-electron chi connectivity index (χ2n) is 5.60. The van der Waals surface area contributed by atoms with Gasteiger partial charge in [0, 0.05) is 18.6 Å². The van der Waals surface area contributed by atoms with Gasteiger partial charge in [-0.2, -0.15) is 0 Å². The standard InChI is InChI=1S/C17H28N2/c1-3-9-17(15-10-6-5-7-11-15)19(4-2)14-16-12-8-13-18-16/h5-7,10-11,16-18H,3-4,8-9,12-14H2,1-2H3. The maximum absolute atomic E-state index is 3.63. The van der Waals surface area contributed by atoms with E-state index in [0.29, 0.717) is 12.1 Å². The molecule has 1 aromatic rings. The summed E-state index contributed by atoms with van der Waals surface area (Å²) in [7, 11) is 0. The van der Waals surface area contributed by atoms with E-state index in [1.807, 2.05) is 0 Å². The lowest BCUT2D eigenvalue weighted by Crippen LogP contribution is -2.39. The van der Waals surface area contributed by atoms with Gasteiger partial charge in [0.2, 0.25) is 0 Å². The number of hydrogen-bond donors (Lipinski definition) is 1. The third kappa shape index (κ3) is 4.05. The van der Waals surface area contributed by atoms with Crippen LogP contribution in [0.4, 0.5) is 0 Å². The van der Waals surface area contributed by atoms with E-state index in [-0.39, 0.29) is 0 Å². The number of nitrogens with zero attached hydrogens (tertiary/aromatic N) is 1. The SMILES string of the molecule is CCCC(c1ccccc1)N(CC)CC1CCCN1. The zero-order valence-corrected chi connectivity index (χ0v) is 12.4. The summed E-state index contributed by atoms with van der Waals surface area (Å²) < 4.78 is 0. The zero-order chi connectivity index (χ0) is 13.5. The van der Waals surface area contributed by atoms with E-state index in [0.717, 1.165) is 6.54 Å². The largest absolute Gasteiger partial charge is 0.313 e. The first-order valence-electron chi connectivity index (χ1n) is 7.87. The molecular weight excluding hydrogens is 232 g/mol. The Kier molecular flexibility index (Phi) is 5.87. The lowest BCUT2D eigenvalue weighted by atomic mass is 10.00. The molecule has 1 N–H and O–H groups in total. The van der Waals surface area contributed by atoms with Crippen LogP contribution in [0.25, 0.3) is 0 Å². The van der Waals surface area contributed by atoms with Gasteiger partial charge in [-0.25, -0.2) is 0 Å². The summed E-state index contributed by atoms with van der Waals surface area (Å²) in [4.78, 5) is 2.65. The molecule has 2 nitrogen and oxygen atoms in total. The van der Waals surface area contributed by atoms with Crippen LogP contribution in [0, 0.1) is 0 Å². The molecule has 1 aromatic carbocycles. The first-order valence-corrected chi connectivity index (χ1v) is 7.87. The number of benzene rings is 1. The Morgan fingerprint density at radius 1 is 1.26 bits per heavy atom. The second kappa shape index (κ2) is 7.66. The fraction of sp³-hybridized carbons (Fsp3) is 0.647. The fourth-order valence-corrected chi connectivity index (χ4v) is 3.18. The molecule has 2 heteroatoms. The quantitative estimate of drug-likeness (QED) is 0.806. The van der Waals surface area contributed by atoms with Crippen LogP contribution in [0.15, 0.2) is 30.3 Å². The molecule has 1 fully saturated rings. The van der Waals surface area contributed by atoms with Crippen LogP contribution in [-0.2, 0) is 0 Å². The minimum absolute atomic E-state index is 0.582. The molecule has 0 amide bonds. The molecule has 0 aliphatic carbocycles. The van der Waals surface area contributed by atoms with Crippen LogP contribution in [0.5, 0.6) is 0 Å². The van der Waals surface area contributed by atoms with Gasteiger partial charge in [-0.3, -0.25) is 4.90 Å². The Morgan fingerprint density at radius 3 is 2.63 bits per heavy atom. The Balaban J connectivity index is 2.06. The summed E-state index contributed by atoms with van der Waals surface area (Å²) in [6.07, 6.45) is 5.18. The molecule has 2 atom stereocenters. The second-order valence-corrected chi connectivity index (χ2v) is 5.60. The molecule has 1 aliphatic rings. The highest BCUT2D eigenvalue weighted by molar-refractivity contribution is 5.19. The summed E-state index contributed by atoms with van der Waals surface area (Å²) in [6.45, 7) is 8.11. The maximum atomic E-state index is 3.63. The number of rotatable bonds is 7. The fourth-order valence-electron chi connectivity index (χ4n) is 3.18. The lowest BCUT2D eigenvalue weighted by Gasteiger charge is -2.33. The van der Waals surface area contributed by atoms with Crippen LogP contribution in [0.1, 0.15) is 51.1 Å². The number of likely N-dealkylation sites (N-methyl/N-ethyl adjacent to an activating group) is 1. The number of hydrogen-bond acceptors (Lipinski definition) is 2. The van der Waals surface area contributed by atoms with E-state index >= 15 is 0 Å². The van der Waals surface area contributed by atoms with Gasteiger partial charge < -0.3 is 5.32 Å². The van der Waals surface area contributed by atoms with E-state index in [4.69, 9.17) is 0 Å². The first-order chi connectivity index (χ1) is 9.35. The van der Waals surface area contributed by atoms with Gasteiger partial charge in [-0.1, -0.05) is 50.6 Å². The molecule has 1 heterocycles. The third-order valence-electron chi connectivity index (χ3n) is 4.21. The smallest absolute Gasteiger partial charge is 0.0348 e. The van der Waals surface area contributed by atoms with Gasteiger partial charge in [0.15, 0.2) is 0 Å². The maximum Gasteiger partial charge on any atom is 0.0348 e. The molecular formula is C17H28N2. The summed E-state index contributed by atoms with van der Waals surface area (Å²) in [6, 6.07) is 12.3. The van der Waals surface area contributed by atoms with E-state index in [1.165, 1.54) is 44.3 Å².